The summed E-state index contributed by atoms with van der Waals surface area (Å²) in [6, 6.07) is 18.9. The fraction of sp³-hybridized carbons (Fsp3) is 0.0909. The van der Waals surface area contributed by atoms with Gasteiger partial charge in [0, 0.05) is 27.2 Å². The minimum atomic E-state index is -0.164. The SMILES string of the molecule is Cc1cc(I)ccc1NC(=O)c1cccc(OCc2cn3ccccc3n2)c1. The van der Waals surface area contributed by atoms with E-state index in [9.17, 15) is 4.79 Å². The van der Waals surface area contributed by atoms with E-state index in [-0.39, 0.29) is 5.91 Å². The number of rotatable bonds is 5. The molecule has 1 amide bonds. The second-order valence-corrected chi connectivity index (χ2v) is 7.67. The van der Waals surface area contributed by atoms with E-state index in [0.717, 1.165) is 26.2 Å². The van der Waals surface area contributed by atoms with Gasteiger partial charge in [-0.25, -0.2) is 4.98 Å². The number of nitrogens with one attached hydrogen (secondary N) is 1. The second kappa shape index (κ2) is 8.02. The number of aryl methyl sites for hydroxylation is 1. The molecule has 4 rings (SSSR count). The monoisotopic (exact) mass is 483 g/mol. The molecule has 2 aromatic heterocycles. The molecule has 0 saturated carbocycles. The zero-order valence-electron chi connectivity index (χ0n) is 15.2. The molecule has 2 aromatic carbocycles. The highest BCUT2D eigenvalue weighted by Gasteiger charge is 2.10. The maximum Gasteiger partial charge on any atom is 0.255 e. The number of halogens is 1. The van der Waals surface area contributed by atoms with Crippen LogP contribution < -0.4 is 10.1 Å². The minimum Gasteiger partial charge on any atom is -0.487 e. The summed E-state index contributed by atoms with van der Waals surface area (Å²) in [5.41, 5.74) is 4.09. The predicted molar refractivity (Wildman–Crippen MR) is 118 cm³/mol. The highest BCUT2D eigenvalue weighted by Crippen LogP contribution is 2.20. The Labute approximate surface area is 176 Å². The van der Waals surface area contributed by atoms with Crippen LogP contribution in [0.4, 0.5) is 5.69 Å². The number of carbonyl (C=O) groups excluding carboxylic acids is 1. The first-order chi connectivity index (χ1) is 13.6. The van der Waals surface area contributed by atoms with E-state index >= 15 is 0 Å². The molecule has 0 radical (unpaired) electrons. The van der Waals surface area contributed by atoms with Crippen molar-refractivity contribution in [3.63, 3.8) is 0 Å². The molecular weight excluding hydrogens is 465 g/mol. The predicted octanol–water partition coefficient (Wildman–Crippen LogP) is 5.08. The number of anilines is 1. The van der Waals surface area contributed by atoms with E-state index in [2.05, 4.69) is 32.9 Å². The molecule has 0 atom stereocenters. The number of fused-ring (bicyclic) bond motifs is 1. The number of ether oxygens (including phenoxy) is 1. The number of nitrogens with zero attached hydrogens (tertiary/aromatic N) is 2. The molecule has 6 heteroatoms. The number of amides is 1. The van der Waals surface area contributed by atoms with E-state index in [1.54, 1.807) is 12.1 Å². The molecule has 0 aliphatic carbocycles. The number of hydrogen-bond acceptors (Lipinski definition) is 3. The molecule has 28 heavy (non-hydrogen) atoms. The van der Waals surface area contributed by atoms with Crippen LogP contribution >= 0.6 is 22.6 Å². The summed E-state index contributed by atoms with van der Waals surface area (Å²) >= 11 is 2.25. The third-order valence-corrected chi connectivity index (χ3v) is 5.00. The number of benzene rings is 2. The normalized spacial score (nSPS) is 10.8. The van der Waals surface area contributed by atoms with Crippen molar-refractivity contribution in [2.75, 3.05) is 5.32 Å². The highest BCUT2D eigenvalue weighted by molar-refractivity contribution is 14.1. The van der Waals surface area contributed by atoms with Crippen LogP contribution in [0, 0.1) is 10.5 Å². The molecule has 0 unspecified atom stereocenters. The average Bonchev–Trinajstić information content (AvgIpc) is 3.12. The van der Waals surface area contributed by atoms with Gasteiger partial charge in [-0.15, -0.1) is 0 Å². The van der Waals surface area contributed by atoms with Crippen LogP contribution in [0.1, 0.15) is 21.6 Å². The summed E-state index contributed by atoms with van der Waals surface area (Å²) < 4.78 is 8.93. The van der Waals surface area contributed by atoms with Gasteiger partial charge in [-0.3, -0.25) is 4.79 Å². The zero-order chi connectivity index (χ0) is 19.5. The van der Waals surface area contributed by atoms with Gasteiger partial charge in [0.15, 0.2) is 0 Å². The summed E-state index contributed by atoms with van der Waals surface area (Å²) in [6.45, 7) is 2.31. The van der Waals surface area contributed by atoms with Crippen molar-refractivity contribution >= 4 is 39.8 Å². The van der Waals surface area contributed by atoms with Crippen molar-refractivity contribution in [1.82, 2.24) is 9.38 Å². The molecule has 0 aliphatic heterocycles. The van der Waals surface area contributed by atoms with E-state index in [4.69, 9.17) is 4.74 Å². The quantitative estimate of drug-likeness (QED) is 0.403. The molecule has 140 valence electrons. The maximum atomic E-state index is 12.6. The maximum absolute atomic E-state index is 12.6. The Balaban J connectivity index is 1.45. The van der Waals surface area contributed by atoms with E-state index in [1.807, 2.05) is 72.2 Å². The van der Waals surface area contributed by atoms with Gasteiger partial charge in [0.25, 0.3) is 5.91 Å². The molecule has 2 heterocycles. The Morgan fingerprint density at radius 1 is 1.14 bits per heavy atom. The summed E-state index contributed by atoms with van der Waals surface area (Å²) in [4.78, 5) is 17.1. The van der Waals surface area contributed by atoms with Gasteiger partial charge in [-0.05, 0) is 83.6 Å². The lowest BCUT2D eigenvalue weighted by Crippen LogP contribution is -2.13. The standard InChI is InChI=1S/C22H18IN3O2/c1-15-11-17(23)8-9-20(15)25-22(27)16-5-4-6-19(12-16)28-14-18-13-26-10-3-2-7-21(26)24-18/h2-13H,14H2,1H3,(H,25,27). The Morgan fingerprint density at radius 2 is 2.04 bits per heavy atom. The minimum absolute atomic E-state index is 0.164. The molecule has 0 saturated heterocycles. The fourth-order valence-electron chi connectivity index (χ4n) is 2.90. The van der Waals surface area contributed by atoms with Gasteiger partial charge in [0.2, 0.25) is 0 Å². The van der Waals surface area contributed by atoms with Crippen LogP contribution in [0.2, 0.25) is 0 Å². The van der Waals surface area contributed by atoms with Gasteiger partial charge in [0.05, 0.1) is 5.69 Å². The molecular formula is C22H18IN3O2. The first kappa shape index (κ1) is 18.5. The van der Waals surface area contributed by atoms with Crippen LogP contribution in [0.15, 0.2) is 73.1 Å². The highest BCUT2D eigenvalue weighted by atomic mass is 127. The molecule has 1 N–H and O–H groups in total. The summed E-state index contributed by atoms with van der Waals surface area (Å²) in [7, 11) is 0. The molecule has 0 aliphatic rings. The smallest absolute Gasteiger partial charge is 0.255 e. The van der Waals surface area contributed by atoms with Crippen molar-refractivity contribution < 1.29 is 9.53 Å². The summed E-state index contributed by atoms with van der Waals surface area (Å²) in [5, 5.41) is 2.96. The van der Waals surface area contributed by atoms with Crippen LogP contribution in [0.25, 0.3) is 5.65 Å². The Bertz CT molecular complexity index is 1120. The fourth-order valence-corrected chi connectivity index (χ4v) is 3.55. The number of aromatic nitrogens is 2. The van der Waals surface area contributed by atoms with Crippen molar-refractivity contribution in [2.24, 2.45) is 0 Å². The summed E-state index contributed by atoms with van der Waals surface area (Å²) in [6.07, 6.45) is 3.88. The number of carbonyl (C=O) groups is 1. The average molecular weight is 483 g/mol. The van der Waals surface area contributed by atoms with Gasteiger partial charge in [-0.1, -0.05) is 12.1 Å². The number of hydrogen-bond donors (Lipinski definition) is 1. The number of imidazole rings is 1. The molecule has 5 nitrogen and oxygen atoms in total. The van der Waals surface area contributed by atoms with E-state index in [0.29, 0.717) is 17.9 Å². The lowest BCUT2D eigenvalue weighted by Gasteiger charge is -2.10. The van der Waals surface area contributed by atoms with Crippen LogP contribution in [-0.4, -0.2) is 15.3 Å². The van der Waals surface area contributed by atoms with Crippen molar-refractivity contribution in [2.45, 2.75) is 13.5 Å². The largest absolute Gasteiger partial charge is 0.487 e. The van der Waals surface area contributed by atoms with Crippen LogP contribution in [0.5, 0.6) is 5.75 Å². The topological polar surface area (TPSA) is 55.6 Å². The zero-order valence-corrected chi connectivity index (χ0v) is 17.4. The molecule has 0 bridgehead atoms. The first-order valence-electron chi connectivity index (χ1n) is 8.81. The third-order valence-electron chi connectivity index (χ3n) is 4.33. The molecule has 0 fully saturated rings. The van der Waals surface area contributed by atoms with Gasteiger partial charge >= 0.3 is 0 Å². The lowest BCUT2D eigenvalue weighted by atomic mass is 10.1. The van der Waals surface area contributed by atoms with E-state index < -0.39 is 0 Å². The molecule has 4 aromatic rings. The van der Waals surface area contributed by atoms with Gasteiger partial charge < -0.3 is 14.5 Å². The van der Waals surface area contributed by atoms with Gasteiger partial charge in [-0.2, -0.15) is 0 Å². The number of pyridine rings is 1. The summed E-state index contributed by atoms with van der Waals surface area (Å²) in [5.74, 6) is 0.464. The molecule has 0 spiro atoms. The van der Waals surface area contributed by atoms with Crippen LogP contribution in [-0.2, 0) is 6.61 Å². The first-order valence-corrected chi connectivity index (χ1v) is 9.89. The lowest BCUT2D eigenvalue weighted by molar-refractivity contribution is 0.102. The van der Waals surface area contributed by atoms with E-state index in [1.165, 1.54) is 0 Å². The Hall–Kier alpha value is -2.87. The Kier molecular flexibility index (Phi) is 5.29. The van der Waals surface area contributed by atoms with Crippen molar-refractivity contribution in [3.05, 3.63) is 93.4 Å². The van der Waals surface area contributed by atoms with Gasteiger partial charge in [0.1, 0.15) is 18.0 Å². The second-order valence-electron chi connectivity index (χ2n) is 6.43. The van der Waals surface area contributed by atoms with Crippen molar-refractivity contribution in [1.29, 1.82) is 0 Å². The Morgan fingerprint density at radius 3 is 2.86 bits per heavy atom. The van der Waals surface area contributed by atoms with Crippen molar-refractivity contribution in [3.8, 4) is 5.75 Å². The van der Waals surface area contributed by atoms with Crippen LogP contribution in [0.3, 0.4) is 0 Å². The third kappa shape index (κ3) is 4.17.